The quantitative estimate of drug-likeness (QED) is 0.887. The van der Waals surface area contributed by atoms with Gasteiger partial charge in [-0.1, -0.05) is 19.9 Å². The molecule has 0 unspecified atom stereocenters. The number of hydrogen-bond acceptors (Lipinski definition) is 2. The molecule has 0 fully saturated rings. The number of aliphatic hydroxyl groups excluding tert-OH is 1. The van der Waals surface area contributed by atoms with Crippen molar-refractivity contribution in [3.05, 3.63) is 40.6 Å². The van der Waals surface area contributed by atoms with Crippen molar-refractivity contribution < 1.29 is 5.11 Å². The van der Waals surface area contributed by atoms with Crippen LogP contribution in [0.1, 0.15) is 55.0 Å². The molecule has 0 spiro atoms. The Morgan fingerprint density at radius 2 is 2.00 bits per heavy atom. The molecule has 19 heavy (non-hydrogen) atoms. The van der Waals surface area contributed by atoms with Crippen LogP contribution in [0.15, 0.2) is 18.2 Å². The molecule has 0 atom stereocenters. The second-order valence-corrected chi connectivity index (χ2v) is 5.81. The third-order valence-electron chi connectivity index (χ3n) is 4.23. The van der Waals surface area contributed by atoms with Crippen molar-refractivity contribution >= 4 is 10.9 Å². The highest BCUT2D eigenvalue weighted by atomic mass is 16.3. The van der Waals surface area contributed by atoms with E-state index in [-0.39, 0.29) is 6.61 Å². The second-order valence-electron chi connectivity index (χ2n) is 5.81. The van der Waals surface area contributed by atoms with Gasteiger partial charge in [0, 0.05) is 11.1 Å². The summed E-state index contributed by atoms with van der Waals surface area (Å²) >= 11 is 0. The van der Waals surface area contributed by atoms with Crippen molar-refractivity contribution in [3.8, 4) is 0 Å². The van der Waals surface area contributed by atoms with Gasteiger partial charge in [0.1, 0.15) is 0 Å². The zero-order valence-electron chi connectivity index (χ0n) is 11.7. The number of hydrogen-bond donors (Lipinski definition) is 1. The Hall–Kier alpha value is -1.41. The van der Waals surface area contributed by atoms with E-state index < -0.39 is 0 Å². The molecule has 2 aromatic rings. The first-order chi connectivity index (χ1) is 9.20. The lowest BCUT2D eigenvalue weighted by atomic mass is 9.89. The summed E-state index contributed by atoms with van der Waals surface area (Å²) in [5.74, 6) is 0.506. The Kier molecular flexibility index (Phi) is 3.28. The highest BCUT2D eigenvalue weighted by Crippen LogP contribution is 2.31. The largest absolute Gasteiger partial charge is 0.392 e. The van der Waals surface area contributed by atoms with Crippen molar-refractivity contribution in [2.45, 2.75) is 52.1 Å². The maximum atomic E-state index is 9.79. The van der Waals surface area contributed by atoms with Gasteiger partial charge in [0.2, 0.25) is 0 Å². The molecule has 3 rings (SSSR count). The number of aromatic nitrogens is 1. The first kappa shape index (κ1) is 12.6. The summed E-state index contributed by atoms with van der Waals surface area (Å²) in [6, 6.07) is 6.49. The molecule has 100 valence electrons. The molecule has 2 heteroatoms. The van der Waals surface area contributed by atoms with Gasteiger partial charge < -0.3 is 5.11 Å². The van der Waals surface area contributed by atoms with Crippen LogP contribution in [0, 0.1) is 0 Å². The fourth-order valence-electron chi connectivity index (χ4n) is 3.08. The van der Waals surface area contributed by atoms with Crippen molar-refractivity contribution in [2.75, 3.05) is 0 Å². The standard InChI is InChI=1S/C17H21NO/c1-11(2)12-7-8-17-14(9-12)15(10-19)13-5-3-4-6-16(13)18-17/h7-9,11,19H,3-6,10H2,1-2H3. The molecule has 2 nitrogen and oxygen atoms in total. The van der Waals surface area contributed by atoms with Gasteiger partial charge >= 0.3 is 0 Å². The molecule has 0 bridgehead atoms. The lowest BCUT2D eigenvalue weighted by Gasteiger charge is -2.20. The van der Waals surface area contributed by atoms with Gasteiger partial charge in [0.25, 0.3) is 0 Å². The zero-order valence-corrected chi connectivity index (χ0v) is 11.7. The van der Waals surface area contributed by atoms with E-state index in [2.05, 4.69) is 32.0 Å². The minimum atomic E-state index is 0.128. The first-order valence-corrected chi connectivity index (χ1v) is 7.26. The van der Waals surface area contributed by atoms with Gasteiger partial charge in [-0.05, 0) is 60.4 Å². The number of nitrogens with zero attached hydrogens (tertiary/aromatic N) is 1. The van der Waals surface area contributed by atoms with E-state index in [1.807, 2.05) is 0 Å². The van der Waals surface area contributed by atoms with Crippen LogP contribution in [0.2, 0.25) is 0 Å². The molecular weight excluding hydrogens is 234 g/mol. The third kappa shape index (κ3) is 2.14. The fraction of sp³-hybridized carbons (Fsp3) is 0.471. The van der Waals surface area contributed by atoms with Crippen molar-refractivity contribution in [3.63, 3.8) is 0 Å². The monoisotopic (exact) mass is 255 g/mol. The number of aliphatic hydroxyl groups is 1. The Labute approximate surface area is 114 Å². The van der Waals surface area contributed by atoms with Gasteiger partial charge in [-0.2, -0.15) is 0 Å². The highest BCUT2D eigenvalue weighted by molar-refractivity contribution is 5.84. The molecule has 1 aliphatic rings. The minimum Gasteiger partial charge on any atom is -0.392 e. The SMILES string of the molecule is CC(C)c1ccc2nc3c(c(CO)c2c1)CCCC3. The van der Waals surface area contributed by atoms with E-state index in [9.17, 15) is 5.11 Å². The Morgan fingerprint density at radius 1 is 1.21 bits per heavy atom. The van der Waals surface area contributed by atoms with Crippen LogP contribution >= 0.6 is 0 Å². The van der Waals surface area contributed by atoms with Crippen molar-refractivity contribution in [1.82, 2.24) is 4.98 Å². The van der Waals surface area contributed by atoms with Crippen LogP contribution < -0.4 is 0 Å². The number of pyridine rings is 1. The Morgan fingerprint density at radius 3 is 2.74 bits per heavy atom. The van der Waals surface area contributed by atoms with Crippen molar-refractivity contribution in [1.29, 1.82) is 0 Å². The molecule has 0 saturated carbocycles. The van der Waals surface area contributed by atoms with E-state index in [0.29, 0.717) is 5.92 Å². The molecule has 1 N–H and O–H groups in total. The Bertz CT molecular complexity index is 616. The summed E-state index contributed by atoms with van der Waals surface area (Å²) in [7, 11) is 0. The molecule has 1 aliphatic carbocycles. The highest BCUT2D eigenvalue weighted by Gasteiger charge is 2.17. The topological polar surface area (TPSA) is 33.1 Å². The maximum absolute atomic E-state index is 9.79. The average molecular weight is 255 g/mol. The molecule has 0 amide bonds. The average Bonchev–Trinajstić information content (AvgIpc) is 2.44. The van der Waals surface area contributed by atoms with Gasteiger partial charge in [0.05, 0.1) is 12.1 Å². The minimum absolute atomic E-state index is 0.128. The van der Waals surface area contributed by atoms with Crippen LogP contribution in [0.4, 0.5) is 0 Å². The van der Waals surface area contributed by atoms with Crippen LogP contribution in [-0.2, 0) is 19.4 Å². The van der Waals surface area contributed by atoms with E-state index in [1.165, 1.54) is 29.7 Å². The van der Waals surface area contributed by atoms with E-state index in [0.717, 1.165) is 29.3 Å². The number of rotatable bonds is 2. The number of aryl methyl sites for hydroxylation is 1. The molecule has 1 heterocycles. The molecule has 0 radical (unpaired) electrons. The molecular formula is C17H21NO. The predicted octanol–water partition coefficient (Wildman–Crippen LogP) is 3.73. The van der Waals surface area contributed by atoms with E-state index in [4.69, 9.17) is 4.98 Å². The first-order valence-electron chi connectivity index (χ1n) is 7.26. The maximum Gasteiger partial charge on any atom is 0.0709 e. The normalized spacial score (nSPS) is 14.9. The smallest absolute Gasteiger partial charge is 0.0709 e. The van der Waals surface area contributed by atoms with Gasteiger partial charge in [-0.3, -0.25) is 4.98 Å². The van der Waals surface area contributed by atoms with E-state index >= 15 is 0 Å². The second kappa shape index (κ2) is 4.93. The Balaban J connectivity index is 2.28. The summed E-state index contributed by atoms with van der Waals surface area (Å²) in [4.78, 5) is 4.81. The summed E-state index contributed by atoms with van der Waals surface area (Å²) in [5.41, 5.74) is 5.98. The number of benzene rings is 1. The summed E-state index contributed by atoms with van der Waals surface area (Å²) < 4.78 is 0. The third-order valence-corrected chi connectivity index (χ3v) is 4.23. The number of fused-ring (bicyclic) bond motifs is 2. The van der Waals surface area contributed by atoms with E-state index in [1.54, 1.807) is 0 Å². The lowest BCUT2D eigenvalue weighted by Crippen LogP contribution is -2.10. The van der Waals surface area contributed by atoms with Crippen LogP contribution in [0.5, 0.6) is 0 Å². The predicted molar refractivity (Wildman–Crippen MR) is 78.4 cm³/mol. The van der Waals surface area contributed by atoms with Gasteiger partial charge in [-0.25, -0.2) is 0 Å². The zero-order chi connectivity index (χ0) is 13.4. The molecule has 1 aromatic heterocycles. The molecule has 1 aromatic carbocycles. The summed E-state index contributed by atoms with van der Waals surface area (Å²) in [6.45, 7) is 4.53. The summed E-state index contributed by atoms with van der Waals surface area (Å²) in [5, 5.41) is 10.9. The van der Waals surface area contributed by atoms with Crippen LogP contribution in [0.3, 0.4) is 0 Å². The lowest BCUT2D eigenvalue weighted by molar-refractivity contribution is 0.281. The van der Waals surface area contributed by atoms with Crippen LogP contribution in [-0.4, -0.2) is 10.1 Å². The van der Waals surface area contributed by atoms with Gasteiger partial charge in [-0.15, -0.1) is 0 Å². The fourth-order valence-corrected chi connectivity index (χ4v) is 3.08. The van der Waals surface area contributed by atoms with Crippen LogP contribution in [0.25, 0.3) is 10.9 Å². The van der Waals surface area contributed by atoms with Gasteiger partial charge in [0.15, 0.2) is 0 Å². The summed E-state index contributed by atoms with van der Waals surface area (Å²) in [6.07, 6.45) is 4.57. The molecule has 0 aliphatic heterocycles. The van der Waals surface area contributed by atoms with Crippen molar-refractivity contribution in [2.24, 2.45) is 0 Å². The molecule has 0 saturated heterocycles.